The summed E-state index contributed by atoms with van der Waals surface area (Å²) in [6.45, 7) is 0.325. The number of carbonyl (C=O) groups is 2. The molecule has 0 bridgehead atoms. The van der Waals surface area contributed by atoms with Crippen molar-refractivity contribution in [3.05, 3.63) is 72.4 Å². The van der Waals surface area contributed by atoms with Gasteiger partial charge in [-0.05, 0) is 24.3 Å². The number of esters is 1. The number of rotatable bonds is 4. The largest absolute Gasteiger partial charge is 0.452 e. The predicted octanol–water partition coefficient (Wildman–Crippen LogP) is 3.93. The van der Waals surface area contributed by atoms with E-state index in [1.54, 1.807) is 28.9 Å². The van der Waals surface area contributed by atoms with Gasteiger partial charge in [0.25, 0.3) is 5.91 Å². The maximum atomic E-state index is 12.5. The fourth-order valence-corrected chi connectivity index (χ4v) is 4.10. The molecule has 2 heterocycles. The Kier molecular flexibility index (Phi) is 5.39. The van der Waals surface area contributed by atoms with Crippen molar-refractivity contribution in [2.75, 3.05) is 23.8 Å². The number of hydrogen-bond acceptors (Lipinski definition) is 5. The Morgan fingerprint density at radius 1 is 1.11 bits per heavy atom. The third-order valence-electron chi connectivity index (χ3n) is 4.43. The van der Waals surface area contributed by atoms with Gasteiger partial charge in [-0.15, -0.1) is 11.8 Å². The number of benzene rings is 2. The lowest BCUT2D eigenvalue weighted by atomic mass is 10.1. The van der Waals surface area contributed by atoms with Crippen LogP contribution >= 0.6 is 11.8 Å². The van der Waals surface area contributed by atoms with Gasteiger partial charge in [-0.2, -0.15) is 0 Å². The van der Waals surface area contributed by atoms with Gasteiger partial charge in [-0.1, -0.05) is 36.4 Å². The van der Waals surface area contributed by atoms with Gasteiger partial charge >= 0.3 is 5.97 Å². The van der Waals surface area contributed by atoms with Gasteiger partial charge < -0.3 is 9.64 Å². The number of fused-ring (bicyclic) bond motifs is 2. The van der Waals surface area contributed by atoms with E-state index in [1.165, 1.54) is 6.08 Å². The summed E-state index contributed by atoms with van der Waals surface area (Å²) in [6.07, 6.45) is 4.71. The molecule has 1 amide bonds. The predicted molar refractivity (Wildman–Crippen MR) is 111 cm³/mol. The van der Waals surface area contributed by atoms with Crippen LogP contribution in [0.3, 0.4) is 0 Å². The second kappa shape index (κ2) is 8.27. The van der Waals surface area contributed by atoms with E-state index in [4.69, 9.17) is 4.74 Å². The molecule has 1 aliphatic rings. The number of pyridine rings is 1. The van der Waals surface area contributed by atoms with Gasteiger partial charge in [-0.3, -0.25) is 9.78 Å². The Labute approximate surface area is 167 Å². The van der Waals surface area contributed by atoms with Gasteiger partial charge in [0.05, 0.1) is 11.2 Å². The summed E-state index contributed by atoms with van der Waals surface area (Å²) >= 11 is 1.72. The lowest BCUT2D eigenvalue weighted by Gasteiger charge is -2.28. The summed E-state index contributed by atoms with van der Waals surface area (Å²) < 4.78 is 5.16. The summed E-state index contributed by atoms with van der Waals surface area (Å²) in [5.41, 5.74) is 2.51. The second-order valence-corrected chi connectivity index (χ2v) is 7.36. The molecule has 0 fully saturated rings. The SMILES string of the molecule is O=C(/C=C/c1cccc2cccnc12)OCC(=O)N1CCSc2ccccc21. The van der Waals surface area contributed by atoms with E-state index >= 15 is 0 Å². The highest BCUT2D eigenvalue weighted by Crippen LogP contribution is 2.34. The van der Waals surface area contributed by atoms with Crippen molar-refractivity contribution >= 4 is 46.3 Å². The van der Waals surface area contributed by atoms with Crippen LogP contribution in [0.15, 0.2) is 71.8 Å². The van der Waals surface area contributed by atoms with Crippen LogP contribution < -0.4 is 4.90 Å². The number of ether oxygens (including phenoxy) is 1. The molecule has 0 atom stereocenters. The van der Waals surface area contributed by atoms with Crippen molar-refractivity contribution in [2.45, 2.75) is 4.90 Å². The first-order chi connectivity index (χ1) is 13.7. The quantitative estimate of drug-likeness (QED) is 0.499. The Hall–Kier alpha value is -3.12. The van der Waals surface area contributed by atoms with Crippen molar-refractivity contribution in [1.29, 1.82) is 0 Å². The molecular weight excluding hydrogens is 372 g/mol. The zero-order valence-corrected chi connectivity index (χ0v) is 15.9. The first-order valence-electron chi connectivity index (χ1n) is 8.93. The Balaban J connectivity index is 1.40. The van der Waals surface area contributed by atoms with Crippen LogP contribution in [0.4, 0.5) is 5.69 Å². The number of aromatic nitrogens is 1. The smallest absolute Gasteiger partial charge is 0.331 e. The first kappa shape index (κ1) is 18.3. The lowest BCUT2D eigenvalue weighted by Crippen LogP contribution is -2.38. The summed E-state index contributed by atoms with van der Waals surface area (Å²) in [7, 11) is 0. The minimum Gasteiger partial charge on any atom is -0.452 e. The van der Waals surface area contributed by atoms with Crippen LogP contribution in [0, 0.1) is 0 Å². The molecule has 0 aliphatic carbocycles. The number of carbonyl (C=O) groups excluding carboxylic acids is 2. The fourth-order valence-electron chi connectivity index (χ4n) is 3.11. The molecule has 0 N–H and O–H groups in total. The first-order valence-corrected chi connectivity index (χ1v) is 9.92. The zero-order chi connectivity index (χ0) is 19.3. The number of anilines is 1. The highest BCUT2D eigenvalue weighted by atomic mass is 32.2. The van der Waals surface area contributed by atoms with Crippen molar-refractivity contribution < 1.29 is 14.3 Å². The molecule has 1 aromatic heterocycles. The molecule has 28 heavy (non-hydrogen) atoms. The molecule has 0 spiro atoms. The summed E-state index contributed by atoms with van der Waals surface area (Å²) in [4.78, 5) is 31.7. The van der Waals surface area contributed by atoms with E-state index in [2.05, 4.69) is 4.98 Å². The molecule has 4 rings (SSSR count). The highest BCUT2D eigenvalue weighted by molar-refractivity contribution is 7.99. The maximum Gasteiger partial charge on any atom is 0.331 e. The average Bonchev–Trinajstić information content (AvgIpc) is 2.75. The van der Waals surface area contributed by atoms with Crippen molar-refractivity contribution in [1.82, 2.24) is 4.98 Å². The van der Waals surface area contributed by atoms with Crippen LogP contribution in [0.1, 0.15) is 5.56 Å². The average molecular weight is 390 g/mol. The molecule has 0 unspecified atom stereocenters. The lowest BCUT2D eigenvalue weighted by molar-refractivity contribution is -0.142. The van der Waals surface area contributed by atoms with Crippen LogP contribution in [0.2, 0.25) is 0 Å². The minimum absolute atomic E-state index is 0.221. The molecule has 140 valence electrons. The van der Waals surface area contributed by atoms with Crippen molar-refractivity contribution in [2.24, 2.45) is 0 Å². The van der Waals surface area contributed by atoms with Gasteiger partial charge in [-0.25, -0.2) is 4.79 Å². The second-order valence-electron chi connectivity index (χ2n) is 6.22. The Morgan fingerprint density at radius 2 is 1.96 bits per heavy atom. The van der Waals surface area contributed by atoms with E-state index in [-0.39, 0.29) is 12.5 Å². The van der Waals surface area contributed by atoms with Crippen LogP contribution in [-0.4, -0.2) is 35.8 Å². The molecular formula is C22H18N2O3S. The van der Waals surface area contributed by atoms with Crippen LogP contribution in [0.25, 0.3) is 17.0 Å². The van der Waals surface area contributed by atoms with E-state index in [9.17, 15) is 9.59 Å². The standard InChI is InChI=1S/C22H18N2O3S/c25-20(24-13-14-28-19-9-2-1-8-18(19)24)15-27-21(26)11-10-17-6-3-5-16-7-4-12-23-22(16)17/h1-12H,13-15H2/b11-10+. The van der Waals surface area contributed by atoms with Crippen molar-refractivity contribution in [3.8, 4) is 0 Å². The molecule has 2 aromatic carbocycles. The van der Waals surface area contributed by atoms with Crippen LogP contribution in [0.5, 0.6) is 0 Å². The molecule has 3 aromatic rings. The third kappa shape index (κ3) is 3.92. The number of amides is 1. The van der Waals surface area contributed by atoms with Crippen molar-refractivity contribution in [3.63, 3.8) is 0 Å². The maximum absolute atomic E-state index is 12.5. The normalized spacial score (nSPS) is 13.5. The number of hydrogen-bond donors (Lipinski definition) is 0. The summed E-state index contributed by atoms with van der Waals surface area (Å²) in [5.74, 6) is 0.0484. The third-order valence-corrected chi connectivity index (χ3v) is 5.47. The molecule has 6 heteroatoms. The van der Waals surface area contributed by atoms with Crippen LogP contribution in [-0.2, 0) is 14.3 Å². The minimum atomic E-state index is -0.555. The van der Waals surface area contributed by atoms with E-state index < -0.39 is 5.97 Å². The summed E-state index contributed by atoms with van der Waals surface area (Å²) in [5, 5.41) is 0.995. The molecule has 1 aliphatic heterocycles. The van der Waals surface area contributed by atoms with Gasteiger partial charge in [0.15, 0.2) is 6.61 Å². The highest BCUT2D eigenvalue weighted by Gasteiger charge is 2.23. The Bertz CT molecular complexity index is 1060. The Morgan fingerprint density at radius 3 is 2.89 bits per heavy atom. The topological polar surface area (TPSA) is 59.5 Å². The zero-order valence-electron chi connectivity index (χ0n) is 15.1. The molecule has 0 radical (unpaired) electrons. The fraction of sp³-hybridized carbons (Fsp3) is 0.136. The molecule has 5 nitrogen and oxygen atoms in total. The number of para-hydroxylation sites is 2. The van der Waals surface area contributed by atoms with E-state index in [0.29, 0.717) is 6.54 Å². The molecule has 0 saturated heterocycles. The number of thioether (sulfide) groups is 1. The molecule has 0 saturated carbocycles. The van der Waals surface area contributed by atoms with E-state index in [0.717, 1.165) is 32.8 Å². The van der Waals surface area contributed by atoms with Gasteiger partial charge in [0.2, 0.25) is 0 Å². The van der Waals surface area contributed by atoms with E-state index in [1.807, 2.05) is 54.6 Å². The number of nitrogens with zero attached hydrogens (tertiary/aromatic N) is 2. The summed E-state index contributed by atoms with van der Waals surface area (Å²) in [6, 6.07) is 17.3. The monoisotopic (exact) mass is 390 g/mol. The van der Waals surface area contributed by atoms with Gasteiger partial charge in [0.1, 0.15) is 0 Å². The van der Waals surface area contributed by atoms with Gasteiger partial charge in [0, 0.05) is 40.4 Å².